The van der Waals surface area contributed by atoms with Gasteiger partial charge in [0.1, 0.15) is 0 Å². The van der Waals surface area contributed by atoms with Crippen LogP contribution in [0, 0.1) is 12.8 Å². The van der Waals surface area contributed by atoms with Gasteiger partial charge in [0.2, 0.25) is 5.91 Å². The van der Waals surface area contributed by atoms with Crippen LogP contribution < -0.4 is 11.0 Å². The number of amides is 1. The van der Waals surface area contributed by atoms with E-state index in [9.17, 15) is 9.59 Å². The Hall–Kier alpha value is -2.63. The maximum atomic E-state index is 12.7. The van der Waals surface area contributed by atoms with Crippen LogP contribution in [0.1, 0.15) is 19.4 Å². The highest BCUT2D eigenvalue weighted by molar-refractivity contribution is 5.83. The van der Waals surface area contributed by atoms with Crippen molar-refractivity contribution in [2.75, 3.05) is 6.54 Å². The highest BCUT2D eigenvalue weighted by Gasteiger charge is 2.13. The van der Waals surface area contributed by atoms with Crippen molar-refractivity contribution in [2.24, 2.45) is 5.92 Å². The van der Waals surface area contributed by atoms with Crippen molar-refractivity contribution in [3.05, 3.63) is 46.4 Å². The summed E-state index contributed by atoms with van der Waals surface area (Å²) in [4.78, 5) is 24.2. The van der Waals surface area contributed by atoms with E-state index in [1.54, 1.807) is 4.40 Å². The third kappa shape index (κ3) is 2.72. The number of hydrogen-bond acceptors (Lipinski definition) is 3. The average Bonchev–Trinajstić information content (AvgIpc) is 2.85. The Morgan fingerprint density at radius 3 is 2.78 bits per heavy atom. The van der Waals surface area contributed by atoms with Crippen molar-refractivity contribution in [1.29, 1.82) is 0 Å². The number of nitrogens with one attached hydrogen (secondary N) is 1. The van der Waals surface area contributed by atoms with Crippen molar-refractivity contribution in [3.63, 3.8) is 0 Å². The first kappa shape index (κ1) is 15.3. The predicted octanol–water partition coefficient (Wildman–Crippen LogP) is 1.73. The first-order chi connectivity index (χ1) is 11.0. The largest absolute Gasteiger partial charge is 0.354 e. The van der Waals surface area contributed by atoms with E-state index in [-0.39, 0.29) is 17.5 Å². The lowest BCUT2D eigenvalue weighted by molar-refractivity contribution is -0.124. The molecule has 23 heavy (non-hydrogen) atoms. The molecule has 0 saturated heterocycles. The van der Waals surface area contributed by atoms with Crippen LogP contribution in [-0.2, 0) is 11.3 Å². The molecule has 0 fully saturated rings. The molecule has 6 nitrogen and oxygen atoms in total. The molecule has 0 aliphatic rings. The zero-order chi connectivity index (χ0) is 16.6. The second kappa shape index (κ2) is 5.87. The van der Waals surface area contributed by atoms with E-state index in [0.29, 0.717) is 18.7 Å². The molecule has 0 aliphatic carbocycles. The summed E-state index contributed by atoms with van der Waals surface area (Å²) in [5.74, 6) is -0.0950. The second-order valence-electron chi connectivity index (χ2n) is 6.00. The van der Waals surface area contributed by atoms with Crippen molar-refractivity contribution in [1.82, 2.24) is 19.5 Å². The number of benzene rings is 1. The summed E-state index contributed by atoms with van der Waals surface area (Å²) in [5.41, 5.74) is 2.27. The topological polar surface area (TPSA) is 68.4 Å². The second-order valence-corrected chi connectivity index (χ2v) is 6.00. The third-order valence-corrected chi connectivity index (χ3v) is 3.89. The summed E-state index contributed by atoms with van der Waals surface area (Å²) in [6.45, 7) is 6.35. The van der Waals surface area contributed by atoms with E-state index in [1.807, 2.05) is 51.1 Å². The van der Waals surface area contributed by atoms with Crippen LogP contribution in [0.3, 0.4) is 0 Å². The van der Waals surface area contributed by atoms with Gasteiger partial charge in [0, 0.05) is 12.5 Å². The molecular formula is C17H20N4O2. The Bertz CT molecular complexity index is 937. The van der Waals surface area contributed by atoms with Crippen LogP contribution in [0.15, 0.2) is 35.1 Å². The van der Waals surface area contributed by atoms with Gasteiger partial charge in [0.15, 0.2) is 5.65 Å². The monoisotopic (exact) mass is 312 g/mol. The molecule has 3 aromatic rings. The van der Waals surface area contributed by atoms with Crippen LogP contribution in [0.2, 0.25) is 0 Å². The smallest absolute Gasteiger partial charge is 0.350 e. The van der Waals surface area contributed by atoms with Crippen molar-refractivity contribution >= 4 is 22.5 Å². The SMILES string of the molecule is Cc1cc2ccccc2n2c(=O)n(CCNC(=O)C(C)C)nc12. The molecule has 0 saturated carbocycles. The molecule has 0 atom stereocenters. The Kier molecular flexibility index (Phi) is 3.90. The minimum atomic E-state index is -0.182. The molecule has 0 spiro atoms. The normalized spacial score (nSPS) is 11.5. The van der Waals surface area contributed by atoms with Gasteiger partial charge in [-0.05, 0) is 30.0 Å². The predicted molar refractivity (Wildman–Crippen MR) is 89.5 cm³/mol. The molecule has 0 radical (unpaired) electrons. The summed E-state index contributed by atoms with van der Waals surface area (Å²) in [6.07, 6.45) is 0. The molecule has 0 unspecified atom stereocenters. The van der Waals surface area contributed by atoms with Gasteiger partial charge < -0.3 is 5.32 Å². The summed E-state index contributed by atoms with van der Waals surface area (Å²) in [7, 11) is 0. The summed E-state index contributed by atoms with van der Waals surface area (Å²) in [6, 6.07) is 9.78. The van der Waals surface area contributed by atoms with Gasteiger partial charge in [-0.15, -0.1) is 5.10 Å². The fourth-order valence-corrected chi connectivity index (χ4v) is 2.63. The molecule has 2 heterocycles. The Balaban J connectivity index is 1.99. The number of pyridine rings is 1. The Morgan fingerprint density at radius 1 is 1.30 bits per heavy atom. The quantitative estimate of drug-likeness (QED) is 0.798. The number of fused-ring (bicyclic) bond motifs is 3. The first-order valence-electron chi connectivity index (χ1n) is 7.74. The summed E-state index contributed by atoms with van der Waals surface area (Å²) in [5, 5.41) is 8.23. The van der Waals surface area contributed by atoms with Gasteiger partial charge in [-0.2, -0.15) is 0 Å². The number of rotatable bonds is 4. The Labute approximate surface area is 133 Å². The zero-order valence-corrected chi connectivity index (χ0v) is 13.5. The van der Waals surface area contributed by atoms with Crippen LogP contribution in [0.4, 0.5) is 0 Å². The van der Waals surface area contributed by atoms with E-state index in [1.165, 1.54) is 4.68 Å². The van der Waals surface area contributed by atoms with Gasteiger partial charge in [-0.1, -0.05) is 32.0 Å². The maximum absolute atomic E-state index is 12.7. The van der Waals surface area contributed by atoms with Crippen molar-refractivity contribution in [3.8, 4) is 0 Å². The number of hydrogen-bond donors (Lipinski definition) is 1. The summed E-state index contributed by atoms with van der Waals surface area (Å²) >= 11 is 0. The van der Waals surface area contributed by atoms with Crippen molar-refractivity contribution < 1.29 is 4.79 Å². The van der Waals surface area contributed by atoms with Crippen LogP contribution >= 0.6 is 0 Å². The van der Waals surface area contributed by atoms with Gasteiger partial charge in [0.05, 0.1) is 12.1 Å². The lowest BCUT2D eigenvalue weighted by Gasteiger charge is -2.06. The lowest BCUT2D eigenvalue weighted by atomic mass is 10.1. The number of aromatic nitrogens is 3. The van der Waals surface area contributed by atoms with Gasteiger partial charge in [-0.3, -0.25) is 4.79 Å². The van der Waals surface area contributed by atoms with E-state index >= 15 is 0 Å². The van der Waals surface area contributed by atoms with Crippen LogP contribution in [-0.4, -0.2) is 26.6 Å². The molecule has 2 aromatic heterocycles. The fourth-order valence-electron chi connectivity index (χ4n) is 2.63. The number of nitrogens with zero attached hydrogens (tertiary/aromatic N) is 3. The molecule has 1 aromatic carbocycles. The van der Waals surface area contributed by atoms with E-state index in [0.717, 1.165) is 16.5 Å². The van der Waals surface area contributed by atoms with Crippen LogP contribution in [0.25, 0.3) is 16.6 Å². The molecule has 1 amide bonds. The molecule has 3 rings (SSSR count). The molecule has 6 heteroatoms. The van der Waals surface area contributed by atoms with Crippen LogP contribution in [0.5, 0.6) is 0 Å². The number of carbonyl (C=O) groups is 1. The van der Waals surface area contributed by atoms with Gasteiger partial charge in [0.25, 0.3) is 0 Å². The molecular weight excluding hydrogens is 292 g/mol. The minimum Gasteiger partial charge on any atom is -0.354 e. The number of carbonyl (C=O) groups excluding carboxylic acids is 1. The highest BCUT2D eigenvalue weighted by atomic mass is 16.2. The number of para-hydroxylation sites is 1. The van der Waals surface area contributed by atoms with Gasteiger partial charge in [-0.25, -0.2) is 13.9 Å². The third-order valence-electron chi connectivity index (χ3n) is 3.89. The Morgan fingerprint density at radius 2 is 2.04 bits per heavy atom. The minimum absolute atomic E-state index is 0.0246. The van der Waals surface area contributed by atoms with E-state index in [2.05, 4.69) is 10.4 Å². The fraction of sp³-hybridized carbons (Fsp3) is 0.353. The first-order valence-corrected chi connectivity index (χ1v) is 7.74. The van der Waals surface area contributed by atoms with E-state index in [4.69, 9.17) is 0 Å². The zero-order valence-electron chi connectivity index (χ0n) is 13.5. The average molecular weight is 312 g/mol. The molecule has 0 bridgehead atoms. The highest BCUT2D eigenvalue weighted by Crippen LogP contribution is 2.17. The standard InChI is InChI=1S/C17H20N4O2/c1-11(2)16(22)18-8-9-20-17(23)21-14-7-5-4-6-13(14)10-12(3)15(21)19-20/h4-7,10-11H,8-9H2,1-3H3,(H,18,22). The lowest BCUT2D eigenvalue weighted by Crippen LogP contribution is -2.33. The maximum Gasteiger partial charge on any atom is 0.350 e. The summed E-state index contributed by atoms with van der Waals surface area (Å²) < 4.78 is 3.05. The number of aryl methyl sites for hydroxylation is 1. The molecule has 1 N–H and O–H groups in total. The molecule has 0 aliphatic heterocycles. The van der Waals surface area contributed by atoms with Gasteiger partial charge >= 0.3 is 5.69 Å². The van der Waals surface area contributed by atoms with Crippen molar-refractivity contribution in [2.45, 2.75) is 27.3 Å². The molecule has 120 valence electrons. The van der Waals surface area contributed by atoms with E-state index < -0.39 is 0 Å².